The molecule has 0 radical (unpaired) electrons. The number of rotatable bonds is 13. The van der Waals surface area contributed by atoms with E-state index in [4.69, 9.17) is 5.11 Å². The van der Waals surface area contributed by atoms with Crippen molar-refractivity contribution in [2.45, 2.75) is 36.5 Å². The summed E-state index contributed by atoms with van der Waals surface area (Å²) in [4.78, 5) is 36.6. The first-order valence-corrected chi connectivity index (χ1v) is 13.3. The molecule has 0 fully saturated rings. The molecule has 0 heterocycles. The molecule has 1 aromatic carbocycles. The van der Waals surface area contributed by atoms with Crippen LogP contribution in [0, 0.1) is 10.7 Å². The van der Waals surface area contributed by atoms with Gasteiger partial charge in [0.05, 0.1) is 40.1 Å². The number of carbonyl (C=O) groups is 3. The molecule has 4 N–H and O–H groups in total. The Bertz CT molecular complexity index is 1140. The number of anilines is 1. The summed E-state index contributed by atoms with van der Waals surface area (Å²) in [6.07, 6.45) is -10.7. The Kier molecular flexibility index (Phi) is 15.9. The van der Waals surface area contributed by atoms with Crippen molar-refractivity contribution < 1.29 is 104 Å². The van der Waals surface area contributed by atoms with Gasteiger partial charge in [0, 0.05) is 25.7 Å². The van der Waals surface area contributed by atoms with Crippen molar-refractivity contribution in [1.82, 2.24) is 5.32 Å². The van der Waals surface area contributed by atoms with Crippen LogP contribution in [0.15, 0.2) is 0 Å². The molecule has 0 aliphatic rings. The van der Waals surface area contributed by atoms with Crippen LogP contribution >= 0.6 is 67.8 Å². The molecule has 9 nitrogen and oxygen atoms in total. The summed E-state index contributed by atoms with van der Waals surface area (Å²) in [6.45, 7) is -3.99. The predicted octanol–water partition coefficient (Wildman–Crippen LogP) is -0.236. The zero-order valence-corrected chi connectivity index (χ0v) is 28.6. The van der Waals surface area contributed by atoms with E-state index < -0.39 is 86.2 Å². The first-order valence-electron chi connectivity index (χ1n) is 10.1. The van der Waals surface area contributed by atoms with Gasteiger partial charge < -0.3 is 35.5 Å². The summed E-state index contributed by atoms with van der Waals surface area (Å²) >= 11 is 4.48. The molecule has 1 atom stereocenters. The van der Waals surface area contributed by atoms with Gasteiger partial charge in [0.1, 0.15) is 6.61 Å². The molecule has 22 heteroatoms. The second-order valence-corrected chi connectivity index (χ2v) is 10.8. The van der Waals surface area contributed by atoms with E-state index in [0.29, 0.717) is 0 Å². The van der Waals surface area contributed by atoms with Crippen molar-refractivity contribution in [3.8, 4) is 0 Å². The monoisotopic (exact) mass is 958 g/mol. The number of ether oxygens (including phenoxy) is 1. The van der Waals surface area contributed by atoms with Gasteiger partial charge in [-0.3, -0.25) is 9.59 Å². The Balaban J connectivity index is 0.0000160. The van der Waals surface area contributed by atoms with Crippen LogP contribution in [0.1, 0.15) is 27.1 Å². The van der Waals surface area contributed by atoms with Crippen LogP contribution in [0.25, 0.3) is 0 Å². The largest absolute Gasteiger partial charge is 1.00 e. The number of benzene rings is 1. The van der Waals surface area contributed by atoms with E-state index in [1.54, 1.807) is 0 Å². The normalized spacial score (nSPS) is 13.3. The minimum Gasteiger partial charge on any atom is -0.545 e. The standard InChI is InChI=1S/C19H16F9I3N2O7.Na/c20-16(21,17(22,23)18(24,25)19(26,27)28)1-2-40-5-7(36)33-13-11(30)8(14(37)32-3-6(35)4-34)10(29)9(12(13)31)15(38)39;/h6,34-35H,1-5H2,(H,32,37)(H,33,36)(H,38,39);/q;+1/p-1. The van der Waals surface area contributed by atoms with E-state index in [1.165, 1.54) is 67.8 Å². The van der Waals surface area contributed by atoms with Crippen molar-refractivity contribution in [3.05, 3.63) is 21.8 Å². The minimum absolute atomic E-state index is 0. The molecule has 1 aromatic rings. The molecule has 0 aromatic heterocycles. The van der Waals surface area contributed by atoms with Crippen LogP contribution in [0.5, 0.6) is 0 Å². The number of carboxylic acids is 1. The van der Waals surface area contributed by atoms with Gasteiger partial charge in [0.25, 0.3) is 5.91 Å². The second kappa shape index (κ2) is 15.9. The molecular formula is C19H15F9I3N2NaO7. The number of hydrogen-bond donors (Lipinski definition) is 4. The number of hydrogen-bond acceptors (Lipinski definition) is 7. The van der Waals surface area contributed by atoms with Gasteiger partial charge in [-0.25, -0.2) is 0 Å². The topological polar surface area (TPSA) is 148 Å². The number of nitrogens with one attached hydrogen (secondary N) is 2. The zero-order chi connectivity index (χ0) is 31.4. The molecule has 1 rings (SSSR count). The average Bonchev–Trinajstić information content (AvgIpc) is 2.81. The molecule has 1 unspecified atom stereocenters. The number of aromatic carboxylic acids is 1. The maximum Gasteiger partial charge on any atom is 1.00 e. The van der Waals surface area contributed by atoms with Crippen LogP contribution in [0.2, 0.25) is 0 Å². The van der Waals surface area contributed by atoms with Crippen molar-refractivity contribution in [2.75, 3.05) is 31.7 Å². The third-order valence-corrected chi connectivity index (χ3v) is 7.96. The van der Waals surface area contributed by atoms with Crippen LogP contribution in [-0.2, 0) is 9.53 Å². The van der Waals surface area contributed by atoms with Crippen LogP contribution < -0.4 is 45.3 Å². The third-order valence-electron chi connectivity index (χ3n) is 4.72. The SMILES string of the molecule is O=C(COCCC(F)(F)C(F)(F)C(F)(F)C(F)(F)F)Nc1c(I)c(C(=O)[O-])c(I)c(C(=O)NCC(O)CO)c1I.[Na+]. The minimum atomic E-state index is -7.07. The second-order valence-electron chi connectivity index (χ2n) is 7.60. The fourth-order valence-electron chi connectivity index (χ4n) is 2.62. The van der Waals surface area contributed by atoms with E-state index in [-0.39, 0.29) is 51.5 Å². The number of carboxylic acid groups (broad SMARTS) is 1. The van der Waals surface area contributed by atoms with Gasteiger partial charge in [-0.15, -0.1) is 0 Å². The molecule has 2 amide bonds. The Hall–Kier alpha value is 0.0700. The van der Waals surface area contributed by atoms with Gasteiger partial charge in [0.2, 0.25) is 5.91 Å². The average molecular weight is 958 g/mol. The van der Waals surface area contributed by atoms with E-state index >= 15 is 0 Å². The molecule has 0 spiro atoms. The summed E-state index contributed by atoms with van der Waals surface area (Å²) in [7, 11) is 0. The summed E-state index contributed by atoms with van der Waals surface area (Å²) in [6, 6.07) is 0. The number of carbonyl (C=O) groups excluding carboxylic acids is 3. The van der Waals surface area contributed by atoms with Gasteiger partial charge in [-0.05, 0) is 67.8 Å². The van der Waals surface area contributed by atoms with Crippen molar-refractivity contribution in [3.63, 3.8) is 0 Å². The fraction of sp³-hybridized carbons (Fsp3) is 0.526. The van der Waals surface area contributed by atoms with Gasteiger partial charge in [-0.2, -0.15) is 39.5 Å². The van der Waals surface area contributed by atoms with Crippen molar-refractivity contribution >= 4 is 91.2 Å². The van der Waals surface area contributed by atoms with Crippen molar-refractivity contribution in [1.29, 1.82) is 0 Å². The Morgan fingerprint density at radius 2 is 1.41 bits per heavy atom. The predicted molar refractivity (Wildman–Crippen MR) is 139 cm³/mol. The third kappa shape index (κ3) is 9.53. The summed E-state index contributed by atoms with van der Waals surface area (Å²) in [5.74, 6) is -23.8. The molecule has 0 saturated carbocycles. The molecule has 0 bridgehead atoms. The first kappa shape index (κ1) is 41.1. The summed E-state index contributed by atoms with van der Waals surface area (Å²) in [5, 5.41) is 34.3. The zero-order valence-electron chi connectivity index (χ0n) is 20.1. The molecular weight excluding hydrogens is 943 g/mol. The van der Waals surface area contributed by atoms with E-state index in [9.17, 15) is 64.1 Å². The smallest absolute Gasteiger partial charge is 0.545 e. The van der Waals surface area contributed by atoms with Crippen LogP contribution in [0.3, 0.4) is 0 Å². The number of aliphatic hydroxyl groups is 2. The summed E-state index contributed by atoms with van der Waals surface area (Å²) < 4.78 is 120. The Morgan fingerprint density at radius 3 is 1.88 bits per heavy atom. The first-order chi connectivity index (χ1) is 18.0. The number of aliphatic hydroxyl groups excluding tert-OH is 2. The number of amides is 2. The van der Waals surface area contributed by atoms with E-state index in [1.807, 2.05) is 0 Å². The number of alkyl halides is 9. The van der Waals surface area contributed by atoms with Crippen molar-refractivity contribution in [2.24, 2.45) is 0 Å². The quantitative estimate of drug-likeness (QED) is 0.0926. The summed E-state index contributed by atoms with van der Waals surface area (Å²) in [5.41, 5.74) is -1.23. The molecule has 0 aliphatic carbocycles. The molecule has 41 heavy (non-hydrogen) atoms. The Morgan fingerprint density at radius 1 is 0.902 bits per heavy atom. The fourth-order valence-corrected chi connectivity index (χ4v) is 6.99. The molecule has 228 valence electrons. The van der Waals surface area contributed by atoms with Crippen LogP contribution in [0.4, 0.5) is 45.2 Å². The maximum atomic E-state index is 13.6. The maximum absolute atomic E-state index is 13.6. The van der Waals surface area contributed by atoms with E-state index in [2.05, 4.69) is 15.4 Å². The van der Waals surface area contributed by atoms with Crippen LogP contribution in [-0.4, -0.2) is 84.4 Å². The Labute approximate surface area is 287 Å². The van der Waals surface area contributed by atoms with Gasteiger partial charge in [0.15, 0.2) is 0 Å². The number of halogens is 12. The van der Waals surface area contributed by atoms with Gasteiger partial charge in [-0.1, -0.05) is 0 Å². The van der Waals surface area contributed by atoms with Gasteiger partial charge >= 0.3 is 53.5 Å². The van der Waals surface area contributed by atoms with E-state index in [0.717, 1.165) is 0 Å². The molecule has 0 aliphatic heterocycles. The molecule has 0 saturated heterocycles.